The molecule has 0 bridgehead atoms. The zero-order chi connectivity index (χ0) is 24.5. The molecule has 1 N–H and O–H groups in total. The van der Waals surface area contributed by atoms with Crippen molar-refractivity contribution in [2.24, 2.45) is 0 Å². The van der Waals surface area contributed by atoms with Gasteiger partial charge >= 0.3 is 6.09 Å². The summed E-state index contributed by atoms with van der Waals surface area (Å²) in [5, 5.41) is 3.09. The van der Waals surface area contributed by atoms with Crippen LogP contribution < -0.4 is 10.2 Å². The number of carbonyl (C=O) groups excluding carboxylic acids is 3. The number of ether oxygens (including phenoxy) is 1. The van der Waals surface area contributed by atoms with E-state index in [2.05, 4.69) is 5.32 Å². The molecule has 2 aliphatic rings. The van der Waals surface area contributed by atoms with Crippen molar-refractivity contribution in [2.45, 2.75) is 64.1 Å². The van der Waals surface area contributed by atoms with E-state index in [0.29, 0.717) is 25.9 Å². The van der Waals surface area contributed by atoms with E-state index in [1.54, 1.807) is 9.80 Å². The SMILES string of the molecule is CC(=O)N1c2ccccc2C2(CCN(C(=O)OCc3ccccc3)CC2)C1C(=O)NC(C)(C)C. The topological polar surface area (TPSA) is 79.0 Å². The fraction of sp³-hybridized carbons (Fsp3) is 0.444. The number of carbonyl (C=O) groups is 3. The number of benzene rings is 2. The molecule has 34 heavy (non-hydrogen) atoms. The number of piperidine rings is 1. The summed E-state index contributed by atoms with van der Waals surface area (Å²) in [6.07, 6.45) is 0.775. The Morgan fingerprint density at radius 3 is 2.24 bits per heavy atom. The van der Waals surface area contributed by atoms with Crippen molar-refractivity contribution in [1.82, 2.24) is 10.2 Å². The summed E-state index contributed by atoms with van der Waals surface area (Å²) in [6.45, 7) is 8.43. The maximum Gasteiger partial charge on any atom is 0.410 e. The van der Waals surface area contributed by atoms with Crippen molar-refractivity contribution in [1.29, 1.82) is 0 Å². The third kappa shape index (κ3) is 4.52. The highest BCUT2D eigenvalue weighted by Crippen LogP contribution is 2.51. The Morgan fingerprint density at radius 2 is 1.62 bits per heavy atom. The van der Waals surface area contributed by atoms with Gasteiger partial charge in [0.25, 0.3) is 0 Å². The van der Waals surface area contributed by atoms with E-state index in [1.165, 1.54) is 6.92 Å². The Labute approximate surface area is 201 Å². The van der Waals surface area contributed by atoms with Gasteiger partial charge in [0.1, 0.15) is 12.6 Å². The molecular weight excluding hydrogens is 430 g/mol. The molecule has 180 valence electrons. The smallest absolute Gasteiger partial charge is 0.410 e. The summed E-state index contributed by atoms with van der Waals surface area (Å²) >= 11 is 0. The van der Waals surface area contributed by atoms with Crippen molar-refractivity contribution in [2.75, 3.05) is 18.0 Å². The first-order valence-corrected chi connectivity index (χ1v) is 11.8. The lowest BCUT2D eigenvalue weighted by molar-refractivity contribution is -0.128. The van der Waals surface area contributed by atoms with Gasteiger partial charge in [0.15, 0.2) is 0 Å². The fourth-order valence-corrected chi connectivity index (χ4v) is 5.24. The second kappa shape index (κ2) is 9.12. The largest absolute Gasteiger partial charge is 0.445 e. The lowest BCUT2D eigenvalue weighted by Crippen LogP contribution is -2.61. The van der Waals surface area contributed by atoms with Gasteiger partial charge in [-0.2, -0.15) is 0 Å². The van der Waals surface area contributed by atoms with Crippen molar-refractivity contribution >= 4 is 23.6 Å². The Bertz CT molecular complexity index is 1070. The Morgan fingerprint density at radius 1 is 1.00 bits per heavy atom. The van der Waals surface area contributed by atoms with E-state index in [9.17, 15) is 14.4 Å². The maximum atomic E-state index is 13.6. The molecule has 1 spiro atoms. The molecule has 1 fully saturated rings. The zero-order valence-corrected chi connectivity index (χ0v) is 20.3. The molecule has 3 amide bonds. The van der Waals surface area contributed by atoms with Crippen LogP contribution in [-0.4, -0.2) is 47.5 Å². The minimum Gasteiger partial charge on any atom is -0.445 e. The highest BCUT2D eigenvalue weighted by molar-refractivity contribution is 6.04. The normalized spacial score (nSPS) is 19.0. The summed E-state index contributed by atoms with van der Waals surface area (Å²) in [7, 11) is 0. The molecule has 2 aromatic rings. The monoisotopic (exact) mass is 463 g/mol. The lowest BCUT2D eigenvalue weighted by atomic mass is 9.69. The van der Waals surface area contributed by atoms with Gasteiger partial charge in [-0.25, -0.2) is 4.79 Å². The van der Waals surface area contributed by atoms with Crippen LogP contribution in [0, 0.1) is 0 Å². The first-order valence-electron chi connectivity index (χ1n) is 11.8. The molecule has 1 unspecified atom stereocenters. The molecule has 2 aromatic carbocycles. The summed E-state index contributed by atoms with van der Waals surface area (Å²) in [4.78, 5) is 42.4. The number of nitrogens with zero attached hydrogens (tertiary/aromatic N) is 2. The summed E-state index contributed by atoms with van der Waals surface area (Å²) < 4.78 is 5.53. The van der Waals surface area contributed by atoms with Gasteiger partial charge in [-0.15, -0.1) is 0 Å². The van der Waals surface area contributed by atoms with E-state index in [0.717, 1.165) is 16.8 Å². The number of amides is 3. The first kappa shape index (κ1) is 23.8. The third-order valence-corrected chi connectivity index (χ3v) is 6.69. The molecule has 7 nitrogen and oxygen atoms in total. The molecule has 0 aliphatic carbocycles. The van der Waals surface area contributed by atoms with Crippen molar-refractivity contribution in [3.05, 3.63) is 65.7 Å². The number of hydrogen-bond donors (Lipinski definition) is 1. The average Bonchev–Trinajstić information content (AvgIpc) is 3.08. The van der Waals surface area contributed by atoms with Crippen molar-refractivity contribution in [3.8, 4) is 0 Å². The molecule has 1 saturated heterocycles. The molecule has 0 saturated carbocycles. The quantitative estimate of drug-likeness (QED) is 0.746. The molecule has 2 heterocycles. The van der Waals surface area contributed by atoms with E-state index in [1.807, 2.05) is 75.4 Å². The lowest BCUT2D eigenvalue weighted by Gasteiger charge is -2.44. The zero-order valence-electron chi connectivity index (χ0n) is 20.3. The van der Waals surface area contributed by atoms with Crippen molar-refractivity contribution < 1.29 is 19.1 Å². The van der Waals surface area contributed by atoms with E-state index in [4.69, 9.17) is 4.74 Å². The number of likely N-dealkylation sites (tertiary alicyclic amines) is 1. The van der Waals surface area contributed by atoms with Gasteiger partial charge in [0.05, 0.1) is 0 Å². The molecule has 0 aromatic heterocycles. The number of para-hydroxylation sites is 1. The van der Waals surface area contributed by atoms with E-state index in [-0.39, 0.29) is 24.5 Å². The Balaban J connectivity index is 1.57. The van der Waals surface area contributed by atoms with Crippen LogP contribution in [0.5, 0.6) is 0 Å². The van der Waals surface area contributed by atoms with Crippen LogP contribution in [0.25, 0.3) is 0 Å². The number of rotatable bonds is 3. The fourth-order valence-electron chi connectivity index (χ4n) is 5.24. The molecular formula is C27H33N3O4. The third-order valence-electron chi connectivity index (χ3n) is 6.69. The van der Waals surface area contributed by atoms with Gasteiger partial charge < -0.3 is 15.0 Å². The van der Waals surface area contributed by atoms with Crippen LogP contribution >= 0.6 is 0 Å². The van der Waals surface area contributed by atoms with E-state index >= 15 is 0 Å². The second-order valence-electron chi connectivity index (χ2n) is 10.2. The van der Waals surface area contributed by atoms with E-state index < -0.39 is 17.0 Å². The number of hydrogen-bond acceptors (Lipinski definition) is 4. The van der Waals surface area contributed by atoms with Gasteiger partial charge in [0.2, 0.25) is 11.8 Å². The minimum absolute atomic E-state index is 0.164. The van der Waals surface area contributed by atoms with Gasteiger partial charge in [-0.1, -0.05) is 48.5 Å². The van der Waals surface area contributed by atoms with Crippen LogP contribution in [0.1, 0.15) is 51.7 Å². The van der Waals surface area contributed by atoms with Crippen LogP contribution in [0.2, 0.25) is 0 Å². The summed E-state index contributed by atoms with van der Waals surface area (Å²) in [5.74, 6) is -0.331. The Kier molecular flexibility index (Phi) is 6.39. The van der Waals surface area contributed by atoms with Gasteiger partial charge in [-0.3, -0.25) is 14.5 Å². The van der Waals surface area contributed by atoms with Crippen LogP contribution in [0.4, 0.5) is 10.5 Å². The predicted molar refractivity (Wildman–Crippen MR) is 130 cm³/mol. The van der Waals surface area contributed by atoms with Gasteiger partial charge in [-0.05, 0) is 50.8 Å². The van der Waals surface area contributed by atoms with Crippen molar-refractivity contribution in [3.63, 3.8) is 0 Å². The molecule has 7 heteroatoms. The maximum absolute atomic E-state index is 13.6. The average molecular weight is 464 g/mol. The number of anilines is 1. The molecule has 4 rings (SSSR count). The molecule has 1 atom stereocenters. The van der Waals surface area contributed by atoms with Gasteiger partial charge in [0, 0.05) is 36.7 Å². The van der Waals surface area contributed by atoms with Crippen LogP contribution in [0.3, 0.4) is 0 Å². The molecule has 2 aliphatic heterocycles. The standard InChI is InChI=1S/C27H33N3O4/c1-19(31)30-22-13-9-8-12-21(22)27(23(30)24(32)28-26(2,3)4)14-16-29(17-15-27)25(33)34-18-20-10-6-5-7-11-20/h5-13,23H,14-18H2,1-4H3,(H,28,32). The Hall–Kier alpha value is -3.35. The number of nitrogens with one attached hydrogen (secondary N) is 1. The van der Waals surface area contributed by atoms with Crippen LogP contribution in [-0.2, 0) is 26.3 Å². The predicted octanol–water partition coefficient (Wildman–Crippen LogP) is 4.01. The number of fused-ring (bicyclic) bond motifs is 2. The highest BCUT2D eigenvalue weighted by Gasteiger charge is 2.57. The highest BCUT2D eigenvalue weighted by atomic mass is 16.6. The summed E-state index contributed by atoms with van der Waals surface area (Å²) in [5.41, 5.74) is 1.72. The summed E-state index contributed by atoms with van der Waals surface area (Å²) in [6, 6.07) is 16.7. The second-order valence-corrected chi connectivity index (χ2v) is 10.2. The first-order chi connectivity index (χ1) is 16.1. The minimum atomic E-state index is -0.663. The van der Waals surface area contributed by atoms with Crippen LogP contribution in [0.15, 0.2) is 54.6 Å². The molecule has 0 radical (unpaired) electrons.